The Kier molecular flexibility index (Phi) is 5.46. The predicted octanol–water partition coefficient (Wildman–Crippen LogP) is -0.903. The summed E-state index contributed by atoms with van der Waals surface area (Å²) in [5.41, 5.74) is 0.239. The van der Waals surface area contributed by atoms with Crippen molar-refractivity contribution in [3.05, 3.63) is 33.9 Å². The van der Waals surface area contributed by atoms with Gasteiger partial charge >= 0.3 is 0 Å². The van der Waals surface area contributed by atoms with E-state index in [0.717, 1.165) is 19.2 Å². The number of morpholine rings is 1. The Morgan fingerprint density at radius 1 is 1.36 bits per heavy atom. The Morgan fingerprint density at radius 3 is 2.68 bits per heavy atom. The summed E-state index contributed by atoms with van der Waals surface area (Å²) in [4.78, 5) is 11.5. The lowest BCUT2D eigenvalue weighted by molar-refractivity contribution is -0.906. The molecule has 8 nitrogen and oxygen atoms in total. The standard InChI is InChI=1S/C13H19N3O5S/c1-11-2-3-12(10-13(11)16(17)18)22(19,20)14-4-5-15-6-8-21-9-7-15/h2-3,10,14H,4-9H2,1H3/p+1. The lowest BCUT2D eigenvalue weighted by Crippen LogP contribution is -3.14. The van der Waals surface area contributed by atoms with Crippen molar-refractivity contribution in [3.63, 3.8) is 0 Å². The molecule has 2 rings (SSSR count). The van der Waals surface area contributed by atoms with Gasteiger partial charge in [0.15, 0.2) is 0 Å². The number of quaternary nitrogens is 1. The average molecular weight is 330 g/mol. The summed E-state index contributed by atoms with van der Waals surface area (Å²) in [5.74, 6) is 0. The predicted molar refractivity (Wildman–Crippen MR) is 79.4 cm³/mol. The second-order valence-corrected chi connectivity index (χ2v) is 6.98. The number of nitro groups is 1. The van der Waals surface area contributed by atoms with E-state index < -0.39 is 14.9 Å². The molecule has 0 amide bonds. The molecule has 9 heteroatoms. The van der Waals surface area contributed by atoms with Gasteiger partial charge in [-0.1, -0.05) is 6.07 Å². The van der Waals surface area contributed by atoms with Crippen molar-refractivity contribution in [2.24, 2.45) is 0 Å². The maximum Gasteiger partial charge on any atom is 0.273 e. The largest absolute Gasteiger partial charge is 0.370 e. The Labute approximate surface area is 129 Å². The summed E-state index contributed by atoms with van der Waals surface area (Å²) in [6.07, 6.45) is 0. The molecular weight excluding hydrogens is 310 g/mol. The SMILES string of the molecule is Cc1ccc(S(=O)(=O)NCC[NH+]2CCOCC2)cc1[N+](=O)[O-]. The maximum atomic E-state index is 12.2. The molecule has 1 aromatic carbocycles. The molecule has 0 aliphatic carbocycles. The summed E-state index contributed by atoms with van der Waals surface area (Å²) in [6.45, 7) is 5.62. The zero-order valence-electron chi connectivity index (χ0n) is 12.4. The summed E-state index contributed by atoms with van der Waals surface area (Å²) >= 11 is 0. The molecule has 0 unspecified atom stereocenters. The van der Waals surface area contributed by atoms with Crippen molar-refractivity contribution in [2.75, 3.05) is 39.4 Å². The number of nitrogens with one attached hydrogen (secondary N) is 2. The Balaban J connectivity index is 2.00. The van der Waals surface area contributed by atoms with Crippen molar-refractivity contribution in [1.82, 2.24) is 4.72 Å². The fourth-order valence-corrected chi connectivity index (χ4v) is 3.36. The Morgan fingerprint density at radius 2 is 2.05 bits per heavy atom. The topological polar surface area (TPSA) is 103 Å². The molecule has 1 heterocycles. The van der Waals surface area contributed by atoms with Crippen LogP contribution in [0.2, 0.25) is 0 Å². The quantitative estimate of drug-likeness (QED) is 0.520. The number of hydrogen-bond acceptors (Lipinski definition) is 5. The molecule has 0 atom stereocenters. The van der Waals surface area contributed by atoms with E-state index in [2.05, 4.69) is 4.72 Å². The van der Waals surface area contributed by atoms with E-state index >= 15 is 0 Å². The number of sulfonamides is 1. The zero-order valence-corrected chi connectivity index (χ0v) is 13.2. The lowest BCUT2D eigenvalue weighted by Gasteiger charge is -2.23. The minimum atomic E-state index is -3.73. The van der Waals surface area contributed by atoms with Crippen LogP contribution in [0.3, 0.4) is 0 Å². The third-order valence-electron chi connectivity index (χ3n) is 3.66. The van der Waals surface area contributed by atoms with E-state index in [1.807, 2.05) is 0 Å². The number of hydrogen-bond donors (Lipinski definition) is 2. The van der Waals surface area contributed by atoms with Gasteiger partial charge in [-0.05, 0) is 13.0 Å². The summed E-state index contributed by atoms with van der Waals surface area (Å²) in [5, 5.41) is 10.9. The van der Waals surface area contributed by atoms with E-state index in [4.69, 9.17) is 4.74 Å². The molecule has 0 aromatic heterocycles. The molecular formula is C13H20N3O5S+. The van der Waals surface area contributed by atoms with Crippen LogP contribution in [0.15, 0.2) is 23.1 Å². The second kappa shape index (κ2) is 7.14. The molecule has 0 radical (unpaired) electrons. The van der Waals surface area contributed by atoms with Crippen molar-refractivity contribution < 1.29 is 23.0 Å². The highest BCUT2D eigenvalue weighted by Crippen LogP contribution is 2.21. The smallest absolute Gasteiger partial charge is 0.273 e. The molecule has 1 fully saturated rings. The summed E-state index contributed by atoms with van der Waals surface area (Å²) < 4.78 is 32.1. The summed E-state index contributed by atoms with van der Waals surface area (Å²) in [7, 11) is -3.73. The molecule has 22 heavy (non-hydrogen) atoms. The van der Waals surface area contributed by atoms with Gasteiger partial charge in [0.1, 0.15) is 13.1 Å². The zero-order chi connectivity index (χ0) is 16.2. The van der Waals surface area contributed by atoms with Crippen molar-refractivity contribution in [3.8, 4) is 0 Å². The first-order chi connectivity index (χ1) is 10.4. The van der Waals surface area contributed by atoms with E-state index in [9.17, 15) is 18.5 Å². The first-order valence-corrected chi connectivity index (χ1v) is 8.54. The first kappa shape index (κ1) is 16.8. The Bertz CT molecular complexity index is 641. The highest BCUT2D eigenvalue weighted by Gasteiger charge is 2.20. The third-order valence-corrected chi connectivity index (χ3v) is 5.12. The van der Waals surface area contributed by atoms with Gasteiger partial charge in [-0.25, -0.2) is 13.1 Å². The number of rotatable bonds is 6. The summed E-state index contributed by atoms with van der Waals surface area (Å²) in [6, 6.07) is 3.92. The second-order valence-electron chi connectivity index (χ2n) is 5.22. The number of ether oxygens (including phenoxy) is 1. The first-order valence-electron chi connectivity index (χ1n) is 7.06. The molecule has 0 saturated carbocycles. The molecule has 2 N–H and O–H groups in total. The van der Waals surface area contributed by atoms with Crippen molar-refractivity contribution in [2.45, 2.75) is 11.8 Å². The van der Waals surface area contributed by atoms with Crippen LogP contribution < -0.4 is 9.62 Å². The lowest BCUT2D eigenvalue weighted by atomic mass is 10.2. The van der Waals surface area contributed by atoms with Gasteiger partial charge in [-0.15, -0.1) is 0 Å². The van der Waals surface area contributed by atoms with Crippen molar-refractivity contribution in [1.29, 1.82) is 0 Å². The minimum absolute atomic E-state index is 0.0817. The number of benzene rings is 1. The number of nitro benzene ring substituents is 1. The van der Waals surface area contributed by atoms with E-state index in [1.165, 1.54) is 17.0 Å². The third kappa shape index (κ3) is 4.23. The van der Waals surface area contributed by atoms with Crippen LogP contribution in [-0.2, 0) is 14.8 Å². The van der Waals surface area contributed by atoms with Crippen LogP contribution >= 0.6 is 0 Å². The van der Waals surface area contributed by atoms with Crippen LogP contribution in [-0.4, -0.2) is 52.7 Å². The highest BCUT2D eigenvalue weighted by atomic mass is 32.2. The van der Waals surface area contributed by atoms with Crippen molar-refractivity contribution >= 4 is 15.7 Å². The Hall–Kier alpha value is -1.55. The molecule has 122 valence electrons. The van der Waals surface area contributed by atoms with Crippen LogP contribution in [0.25, 0.3) is 0 Å². The van der Waals surface area contributed by atoms with Crippen LogP contribution in [0, 0.1) is 17.0 Å². The normalized spacial score (nSPS) is 16.6. The van der Waals surface area contributed by atoms with E-state index in [-0.39, 0.29) is 10.6 Å². The van der Waals surface area contributed by atoms with Gasteiger partial charge in [0.25, 0.3) is 5.69 Å². The maximum absolute atomic E-state index is 12.2. The molecule has 1 aromatic rings. The average Bonchev–Trinajstić information content (AvgIpc) is 2.48. The molecule has 1 saturated heterocycles. The minimum Gasteiger partial charge on any atom is -0.370 e. The highest BCUT2D eigenvalue weighted by molar-refractivity contribution is 7.89. The van der Waals surface area contributed by atoms with Gasteiger partial charge in [0, 0.05) is 11.6 Å². The van der Waals surface area contributed by atoms with Gasteiger partial charge in [0.05, 0.1) is 36.1 Å². The van der Waals surface area contributed by atoms with Crippen LogP contribution in [0.4, 0.5) is 5.69 Å². The van der Waals surface area contributed by atoms with Gasteiger partial charge in [-0.2, -0.15) is 0 Å². The van der Waals surface area contributed by atoms with Crippen LogP contribution in [0.5, 0.6) is 0 Å². The monoisotopic (exact) mass is 330 g/mol. The van der Waals surface area contributed by atoms with Gasteiger partial charge in [-0.3, -0.25) is 10.1 Å². The fourth-order valence-electron chi connectivity index (χ4n) is 2.31. The molecule has 1 aliphatic heterocycles. The fraction of sp³-hybridized carbons (Fsp3) is 0.538. The molecule has 0 bridgehead atoms. The van der Waals surface area contributed by atoms with E-state index in [0.29, 0.717) is 31.9 Å². The number of aryl methyl sites for hydroxylation is 1. The molecule has 0 spiro atoms. The van der Waals surface area contributed by atoms with Gasteiger partial charge in [0.2, 0.25) is 10.0 Å². The van der Waals surface area contributed by atoms with E-state index in [1.54, 1.807) is 6.92 Å². The van der Waals surface area contributed by atoms with Gasteiger partial charge < -0.3 is 9.64 Å². The molecule has 1 aliphatic rings. The number of nitrogens with zero attached hydrogens (tertiary/aromatic N) is 1. The van der Waals surface area contributed by atoms with Crippen LogP contribution in [0.1, 0.15) is 5.56 Å².